The van der Waals surface area contributed by atoms with Crippen LogP contribution in [0.3, 0.4) is 0 Å². The molecule has 0 aromatic heterocycles. The number of carboxylic acid groups (broad SMARTS) is 1. The van der Waals surface area contributed by atoms with Gasteiger partial charge in [-0.3, -0.25) is 9.59 Å². The van der Waals surface area contributed by atoms with Crippen molar-refractivity contribution in [1.82, 2.24) is 5.32 Å². The van der Waals surface area contributed by atoms with Crippen LogP contribution in [0.1, 0.15) is 32.6 Å². The number of thioether (sulfide) groups is 1. The molecule has 1 fully saturated rings. The minimum absolute atomic E-state index is 0.181. The summed E-state index contributed by atoms with van der Waals surface area (Å²) in [6, 6.07) is 0.181. The summed E-state index contributed by atoms with van der Waals surface area (Å²) in [5, 5.41) is 11.8. The molecule has 0 saturated heterocycles. The maximum Gasteiger partial charge on any atom is 0.312 e. The molecule has 2 atom stereocenters. The summed E-state index contributed by atoms with van der Waals surface area (Å²) < 4.78 is 0. The Morgan fingerprint density at radius 1 is 1.47 bits per heavy atom. The first-order valence-electron chi connectivity index (χ1n) is 5.24. The molecule has 15 heavy (non-hydrogen) atoms. The molecule has 1 aliphatic carbocycles. The average molecular weight is 231 g/mol. The molecule has 0 aromatic carbocycles. The van der Waals surface area contributed by atoms with Crippen molar-refractivity contribution in [3.05, 3.63) is 0 Å². The lowest BCUT2D eigenvalue weighted by Crippen LogP contribution is -2.34. The van der Waals surface area contributed by atoms with Crippen LogP contribution < -0.4 is 5.32 Å². The molecule has 4 nitrogen and oxygen atoms in total. The minimum atomic E-state index is -1.06. The predicted octanol–water partition coefficient (Wildman–Crippen LogP) is 1.25. The first kappa shape index (κ1) is 12.4. The van der Waals surface area contributed by atoms with Gasteiger partial charge in [0, 0.05) is 11.3 Å². The highest BCUT2D eigenvalue weighted by atomic mass is 32.2. The van der Waals surface area contributed by atoms with Gasteiger partial charge in [-0.1, -0.05) is 6.92 Å². The fraction of sp³-hybridized carbons (Fsp3) is 0.800. The Labute approximate surface area is 93.8 Å². The van der Waals surface area contributed by atoms with Crippen molar-refractivity contribution in [2.75, 3.05) is 5.75 Å². The van der Waals surface area contributed by atoms with E-state index in [-0.39, 0.29) is 11.9 Å². The third kappa shape index (κ3) is 4.55. The second kappa shape index (κ2) is 6.00. The number of hydrogen-bond donors (Lipinski definition) is 2. The van der Waals surface area contributed by atoms with Gasteiger partial charge in [-0.05, 0) is 25.0 Å². The lowest BCUT2D eigenvalue weighted by atomic mass is 10.2. The van der Waals surface area contributed by atoms with E-state index in [1.54, 1.807) is 0 Å². The standard InChI is InChI=1S/C10H17NO3S/c1-2-15-8-4-3-7(5-8)11-9(12)6-10(13)14/h7-8H,2-6H2,1H3,(H,11,12)(H,13,14). The van der Waals surface area contributed by atoms with E-state index in [0.29, 0.717) is 5.25 Å². The van der Waals surface area contributed by atoms with E-state index in [4.69, 9.17) is 5.11 Å². The highest BCUT2D eigenvalue weighted by molar-refractivity contribution is 7.99. The van der Waals surface area contributed by atoms with Crippen LogP contribution in [0.25, 0.3) is 0 Å². The molecule has 2 unspecified atom stereocenters. The van der Waals surface area contributed by atoms with Crippen LogP contribution in [-0.4, -0.2) is 34.0 Å². The molecule has 1 rings (SSSR count). The van der Waals surface area contributed by atoms with E-state index in [1.807, 2.05) is 11.8 Å². The summed E-state index contributed by atoms with van der Waals surface area (Å²) in [7, 11) is 0. The highest BCUT2D eigenvalue weighted by Crippen LogP contribution is 2.29. The molecule has 1 aliphatic rings. The van der Waals surface area contributed by atoms with Gasteiger partial charge in [-0.15, -0.1) is 0 Å². The van der Waals surface area contributed by atoms with Gasteiger partial charge in [0.05, 0.1) is 0 Å². The van der Waals surface area contributed by atoms with Crippen LogP contribution in [0.2, 0.25) is 0 Å². The fourth-order valence-corrected chi connectivity index (χ4v) is 3.02. The van der Waals surface area contributed by atoms with Gasteiger partial charge in [0.25, 0.3) is 0 Å². The van der Waals surface area contributed by atoms with Crippen molar-refractivity contribution in [2.45, 2.75) is 43.9 Å². The summed E-state index contributed by atoms with van der Waals surface area (Å²) >= 11 is 1.92. The Balaban J connectivity index is 2.23. The molecule has 1 saturated carbocycles. The Bertz CT molecular complexity index is 245. The zero-order valence-corrected chi connectivity index (χ0v) is 9.68. The van der Waals surface area contributed by atoms with Crippen molar-refractivity contribution >= 4 is 23.6 Å². The zero-order chi connectivity index (χ0) is 11.3. The van der Waals surface area contributed by atoms with Crippen molar-refractivity contribution < 1.29 is 14.7 Å². The van der Waals surface area contributed by atoms with Gasteiger partial charge in [-0.2, -0.15) is 11.8 Å². The monoisotopic (exact) mass is 231 g/mol. The molecule has 5 heteroatoms. The van der Waals surface area contributed by atoms with Crippen molar-refractivity contribution in [3.63, 3.8) is 0 Å². The van der Waals surface area contributed by atoms with E-state index in [2.05, 4.69) is 12.2 Å². The van der Waals surface area contributed by atoms with Gasteiger partial charge in [0.1, 0.15) is 6.42 Å². The van der Waals surface area contributed by atoms with Gasteiger partial charge >= 0.3 is 5.97 Å². The Morgan fingerprint density at radius 3 is 2.80 bits per heavy atom. The first-order valence-corrected chi connectivity index (χ1v) is 6.29. The molecular weight excluding hydrogens is 214 g/mol. The number of nitrogens with one attached hydrogen (secondary N) is 1. The Morgan fingerprint density at radius 2 is 2.20 bits per heavy atom. The first-order chi connectivity index (χ1) is 7.11. The molecule has 0 aromatic rings. The molecule has 86 valence electrons. The number of amides is 1. The third-order valence-electron chi connectivity index (χ3n) is 2.46. The van der Waals surface area contributed by atoms with Crippen LogP contribution in [-0.2, 0) is 9.59 Å². The topological polar surface area (TPSA) is 66.4 Å². The largest absolute Gasteiger partial charge is 0.481 e. The normalized spacial score (nSPS) is 25.1. The summed E-state index contributed by atoms with van der Waals surface area (Å²) in [6.07, 6.45) is 2.66. The van der Waals surface area contributed by atoms with Crippen molar-refractivity contribution in [2.24, 2.45) is 0 Å². The number of aliphatic carboxylic acids is 1. The van der Waals surface area contributed by atoms with Gasteiger partial charge < -0.3 is 10.4 Å². The predicted molar refractivity (Wildman–Crippen MR) is 60.0 cm³/mol. The second-order valence-electron chi connectivity index (χ2n) is 3.73. The van der Waals surface area contributed by atoms with E-state index in [0.717, 1.165) is 25.0 Å². The zero-order valence-electron chi connectivity index (χ0n) is 8.86. The molecule has 2 N–H and O–H groups in total. The number of carbonyl (C=O) groups is 2. The highest BCUT2D eigenvalue weighted by Gasteiger charge is 2.25. The lowest BCUT2D eigenvalue weighted by molar-refractivity contribution is -0.140. The molecule has 0 aliphatic heterocycles. The third-order valence-corrected chi connectivity index (χ3v) is 3.70. The molecule has 0 heterocycles. The van der Waals surface area contributed by atoms with Crippen LogP contribution in [0.4, 0.5) is 0 Å². The second-order valence-corrected chi connectivity index (χ2v) is 5.30. The van der Waals surface area contributed by atoms with Crippen LogP contribution in [0.15, 0.2) is 0 Å². The Kier molecular flexibility index (Phi) is 4.94. The minimum Gasteiger partial charge on any atom is -0.481 e. The van der Waals surface area contributed by atoms with E-state index in [9.17, 15) is 9.59 Å². The molecule has 1 amide bonds. The van der Waals surface area contributed by atoms with E-state index in [1.165, 1.54) is 0 Å². The summed E-state index contributed by atoms with van der Waals surface area (Å²) in [6.45, 7) is 2.13. The SMILES string of the molecule is CCSC1CCC(NC(=O)CC(=O)O)C1. The average Bonchev–Trinajstić information content (AvgIpc) is 2.51. The van der Waals surface area contributed by atoms with Crippen LogP contribution >= 0.6 is 11.8 Å². The van der Waals surface area contributed by atoms with Gasteiger partial charge in [0.15, 0.2) is 0 Å². The quantitative estimate of drug-likeness (QED) is 0.699. The lowest BCUT2D eigenvalue weighted by Gasteiger charge is -2.12. The smallest absolute Gasteiger partial charge is 0.312 e. The van der Waals surface area contributed by atoms with Gasteiger partial charge in [-0.25, -0.2) is 0 Å². The number of carboxylic acids is 1. The number of rotatable bonds is 5. The Hall–Kier alpha value is -0.710. The van der Waals surface area contributed by atoms with Crippen molar-refractivity contribution in [3.8, 4) is 0 Å². The molecule has 0 radical (unpaired) electrons. The summed E-state index contributed by atoms with van der Waals surface area (Å²) in [5.74, 6) is -0.333. The fourth-order valence-electron chi connectivity index (χ4n) is 1.87. The molecule has 0 spiro atoms. The summed E-state index contributed by atoms with van der Waals surface area (Å²) in [4.78, 5) is 21.5. The number of carbonyl (C=O) groups excluding carboxylic acids is 1. The van der Waals surface area contributed by atoms with Crippen molar-refractivity contribution in [1.29, 1.82) is 0 Å². The maximum atomic E-state index is 11.2. The van der Waals surface area contributed by atoms with E-state index >= 15 is 0 Å². The number of hydrogen-bond acceptors (Lipinski definition) is 3. The van der Waals surface area contributed by atoms with E-state index < -0.39 is 12.4 Å². The molecule has 0 bridgehead atoms. The maximum absolute atomic E-state index is 11.2. The summed E-state index contributed by atoms with van der Waals surface area (Å²) in [5.41, 5.74) is 0. The molecular formula is C10H17NO3S. The van der Waals surface area contributed by atoms with Crippen LogP contribution in [0.5, 0.6) is 0 Å². The van der Waals surface area contributed by atoms with Crippen LogP contribution in [0, 0.1) is 0 Å². The van der Waals surface area contributed by atoms with Gasteiger partial charge in [0.2, 0.25) is 5.91 Å².